The fraction of sp³-hybridized carbons (Fsp3) is 0.760. The molecule has 30 heavy (non-hydrogen) atoms. The zero-order chi connectivity index (χ0) is 21.6. The Bertz CT molecular complexity index is 758. The lowest BCUT2D eigenvalue weighted by Crippen LogP contribution is -2.38. The van der Waals surface area contributed by atoms with Crippen molar-refractivity contribution in [2.75, 3.05) is 24.4 Å². The monoisotopic (exact) mass is 434 g/mol. The van der Waals surface area contributed by atoms with E-state index in [0.29, 0.717) is 5.92 Å². The highest BCUT2D eigenvalue weighted by molar-refractivity contribution is 7.93. The molecular formula is C25H42N2O2S. The second-order valence-corrected chi connectivity index (χ2v) is 11.8. The second-order valence-electron chi connectivity index (χ2n) is 9.82. The van der Waals surface area contributed by atoms with Crippen LogP contribution in [0.15, 0.2) is 24.3 Å². The van der Waals surface area contributed by atoms with E-state index >= 15 is 0 Å². The van der Waals surface area contributed by atoms with Crippen LogP contribution in [-0.2, 0) is 10.0 Å². The van der Waals surface area contributed by atoms with E-state index in [-0.39, 0.29) is 5.25 Å². The van der Waals surface area contributed by atoms with Crippen molar-refractivity contribution in [1.29, 1.82) is 0 Å². The molecule has 0 aromatic heterocycles. The number of likely N-dealkylation sites (tertiary alicyclic amines) is 1. The Hall–Kier alpha value is -1.07. The average Bonchev–Trinajstić information content (AvgIpc) is 2.74. The number of sulfonamides is 1. The van der Waals surface area contributed by atoms with Crippen LogP contribution in [0.3, 0.4) is 0 Å². The SMILES string of the molecule is CCC(CCCN1CCC(C)C(C)C1)c1cccc(NS(=O)(=O)C2CCCCC2)c1. The predicted octanol–water partition coefficient (Wildman–Crippen LogP) is 6.01. The first-order chi connectivity index (χ1) is 14.4. The van der Waals surface area contributed by atoms with Gasteiger partial charge in [-0.15, -0.1) is 0 Å². The van der Waals surface area contributed by atoms with E-state index in [2.05, 4.69) is 42.5 Å². The molecule has 1 aromatic carbocycles. The topological polar surface area (TPSA) is 49.4 Å². The third-order valence-electron chi connectivity index (χ3n) is 7.55. The fourth-order valence-electron chi connectivity index (χ4n) is 5.20. The van der Waals surface area contributed by atoms with Gasteiger partial charge in [-0.1, -0.05) is 52.2 Å². The molecule has 1 heterocycles. The fourth-order valence-corrected chi connectivity index (χ4v) is 6.78. The number of benzene rings is 1. The van der Waals surface area contributed by atoms with Gasteiger partial charge in [-0.25, -0.2) is 8.42 Å². The van der Waals surface area contributed by atoms with Crippen molar-refractivity contribution in [1.82, 2.24) is 4.90 Å². The highest BCUT2D eigenvalue weighted by Gasteiger charge is 2.27. The Balaban J connectivity index is 1.55. The highest BCUT2D eigenvalue weighted by atomic mass is 32.2. The number of nitrogens with one attached hydrogen (secondary N) is 1. The zero-order valence-corrected chi connectivity index (χ0v) is 20.1. The van der Waals surface area contributed by atoms with Gasteiger partial charge >= 0.3 is 0 Å². The van der Waals surface area contributed by atoms with Crippen LogP contribution in [0.4, 0.5) is 5.69 Å². The van der Waals surface area contributed by atoms with Crippen molar-refractivity contribution >= 4 is 15.7 Å². The lowest BCUT2D eigenvalue weighted by atomic mass is 9.88. The van der Waals surface area contributed by atoms with Crippen LogP contribution in [-0.4, -0.2) is 38.2 Å². The van der Waals surface area contributed by atoms with Gasteiger partial charge in [0.05, 0.1) is 5.25 Å². The molecule has 1 aromatic rings. The number of hydrogen-bond donors (Lipinski definition) is 1. The summed E-state index contributed by atoms with van der Waals surface area (Å²) >= 11 is 0. The van der Waals surface area contributed by atoms with Gasteiger partial charge in [0.25, 0.3) is 0 Å². The smallest absolute Gasteiger partial charge is 0.235 e. The molecule has 4 nitrogen and oxygen atoms in total. The molecule has 1 aliphatic heterocycles. The second kappa shape index (κ2) is 11.0. The summed E-state index contributed by atoms with van der Waals surface area (Å²) in [4.78, 5) is 2.63. The molecule has 1 aliphatic carbocycles. The summed E-state index contributed by atoms with van der Waals surface area (Å²) in [5.41, 5.74) is 2.00. The van der Waals surface area contributed by atoms with E-state index in [1.54, 1.807) is 0 Å². The maximum Gasteiger partial charge on any atom is 0.235 e. The van der Waals surface area contributed by atoms with E-state index in [1.807, 2.05) is 12.1 Å². The Morgan fingerprint density at radius 3 is 2.57 bits per heavy atom. The predicted molar refractivity (Wildman–Crippen MR) is 128 cm³/mol. The van der Waals surface area contributed by atoms with Crippen LogP contribution in [0.1, 0.15) is 90.0 Å². The first kappa shape index (κ1) is 23.6. The van der Waals surface area contributed by atoms with Crippen molar-refractivity contribution in [3.8, 4) is 0 Å². The quantitative estimate of drug-likeness (QED) is 0.517. The van der Waals surface area contributed by atoms with E-state index in [4.69, 9.17) is 0 Å². The van der Waals surface area contributed by atoms with Crippen molar-refractivity contribution in [3.63, 3.8) is 0 Å². The molecule has 3 atom stereocenters. The number of piperidine rings is 1. The van der Waals surface area contributed by atoms with E-state index < -0.39 is 10.0 Å². The zero-order valence-electron chi connectivity index (χ0n) is 19.3. The normalized spacial score (nSPS) is 25.2. The molecule has 170 valence electrons. The number of anilines is 1. The van der Waals surface area contributed by atoms with Crippen molar-refractivity contribution in [2.45, 2.75) is 89.7 Å². The van der Waals surface area contributed by atoms with Crippen LogP contribution in [0, 0.1) is 11.8 Å². The summed E-state index contributed by atoms with van der Waals surface area (Å²) in [6.07, 6.45) is 9.58. The maximum absolute atomic E-state index is 12.8. The summed E-state index contributed by atoms with van der Waals surface area (Å²) < 4.78 is 28.5. The van der Waals surface area contributed by atoms with E-state index in [0.717, 1.165) is 62.5 Å². The molecule has 2 fully saturated rings. The van der Waals surface area contributed by atoms with Gasteiger partial charge in [-0.3, -0.25) is 4.72 Å². The Morgan fingerprint density at radius 1 is 1.10 bits per heavy atom. The Labute approximate surface area is 184 Å². The third-order valence-corrected chi connectivity index (χ3v) is 9.42. The minimum absolute atomic E-state index is 0.230. The van der Waals surface area contributed by atoms with E-state index in [1.165, 1.54) is 38.0 Å². The minimum atomic E-state index is -3.28. The van der Waals surface area contributed by atoms with Gasteiger partial charge in [0.1, 0.15) is 0 Å². The Kier molecular flexibility index (Phi) is 8.64. The van der Waals surface area contributed by atoms with Gasteiger partial charge in [-0.05, 0) is 87.1 Å². The lowest BCUT2D eigenvalue weighted by molar-refractivity contribution is 0.136. The van der Waals surface area contributed by atoms with E-state index in [9.17, 15) is 8.42 Å². The molecular weight excluding hydrogens is 392 g/mol. The standard InChI is InChI=1S/C25H42N2O2S/c1-4-22(11-9-16-27-17-15-20(2)21(3)19-27)23-10-8-12-24(18-23)26-30(28,29)25-13-6-5-7-14-25/h8,10,12,18,20-22,25-26H,4-7,9,11,13-17,19H2,1-3H3. The number of rotatable bonds is 9. The van der Waals surface area contributed by atoms with Crippen LogP contribution >= 0.6 is 0 Å². The summed E-state index contributed by atoms with van der Waals surface area (Å²) in [7, 11) is -3.28. The van der Waals surface area contributed by atoms with Crippen molar-refractivity contribution in [2.24, 2.45) is 11.8 Å². The molecule has 0 spiro atoms. The first-order valence-corrected chi connectivity index (χ1v) is 13.8. The number of nitrogens with zero attached hydrogens (tertiary/aromatic N) is 1. The molecule has 1 saturated heterocycles. The average molecular weight is 435 g/mol. The summed E-state index contributed by atoms with van der Waals surface area (Å²) in [6.45, 7) is 10.7. The Morgan fingerprint density at radius 2 is 1.87 bits per heavy atom. The van der Waals surface area contributed by atoms with Gasteiger partial charge in [0.15, 0.2) is 0 Å². The highest BCUT2D eigenvalue weighted by Crippen LogP contribution is 2.30. The number of hydrogen-bond acceptors (Lipinski definition) is 3. The van der Waals surface area contributed by atoms with Crippen LogP contribution in [0.25, 0.3) is 0 Å². The van der Waals surface area contributed by atoms with Crippen LogP contribution < -0.4 is 4.72 Å². The van der Waals surface area contributed by atoms with Gasteiger partial charge in [0, 0.05) is 12.2 Å². The first-order valence-electron chi connectivity index (χ1n) is 12.2. The lowest BCUT2D eigenvalue weighted by Gasteiger charge is -2.35. The molecule has 2 aliphatic rings. The van der Waals surface area contributed by atoms with Crippen LogP contribution in [0.5, 0.6) is 0 Å². The van der Waals surface area contributed by atoms with Crippen molar-refractivity contribution < 1.29 is 8.42 Å². The molecule has 0 bridgehead atoms. The summed E-state index contributed by atoms with van der Waals surface area (Å²) in [5.74, 6) is 2.14. The molecule has 5 heteroatoms. The summed E-state index contributed by atoms with van der Waals surface area (Å²) in [6, 6.07) is 8.13. The largest absolute Gasteiger partial charge is 0.303 e. The molecule has 0 amide bonds. The van der Waals surface area contributed by atoms with Gasteiger partial charge in [-0.2, -0.15) is 0 Å². The third kappa shape index (κ3) is 6.46. The summed E-state index contributed by atoms with van der Waals surface area (Å²) in [5, 5.41) is -0.230. The maximum atomic E-state index is 12.8. The minimum Gasteiger partial charge on any atom is -0.303 e. The van der Waals surface area contributed by atoms with Crippen molar-refractivity contribution in [3.05, 3.63) is 29.8 Å². The molecule has 3 rings (SSSR count). The molecule has 1 saturated carbocycles. The molecule has 0 radical (unpaired) electrons. The van der Waals surface area contributed by atoms with Gasteiger partial charge in [0.2, 0.25) is 10.0 Å². The van der Waals surface area contributed by atoms with Gasteiger partial charge < -0.3 is 4.90 Å². The molecule has 3 unspecified atom stereocenters. The molecule has 1 N–H and O–H groups in total. The van der Waals surface area contributed by atoms with Crippen LogP contribution in [0.2, 0.25) is 0 Å².